The van der Waals surface area contributed by atoms with E-state index >= 15 is 0 Å². The van der Waals surface area contributed by atoms with E-state index in [9.17, 15) is 9.59 Å². The van der Waals surface area contributed by atoms with E-state index in [0.717, 1.165) is 36.2 Å². The average Bonchev–Trinajstić information content (AvgIpc) is 2.95. The van der Waals surface area contributed by atoms with Gasteiger partial charge in [0, 0.05) is 24.4 Å². The summed E-state index contributed by atoms with van der Waals surface area (Å²) in [6.45, 7) is 6.79. The molecule has 5 heteroatoms. The number of nitrogens with one attached hydrogen (secondary N) is 1. The lowest BCUT2D eigenvalue weighted by Gasteiger charge is -2.19. The van der Waals surface area contributed by atoms with Gasteiger partial charge in [0.2, 0.25) is 0 Å². The molecule has 1 aromatic heterocycles. The van der Waals surface area contributed by atoms with Crippen LogP contribution >= 0.6 is 0 Å². The summed E-state index contributed by atoms with van der Waals surface area (Å²) in [5.74, 6) is -0.788. The molecule has 0 bridgehead atoms. The number of benzene rings is 1. The van der Waals surface area contributed by atoms with Gasteiger partial charge in [0.25, 0.3) is 5.91 Å². The molecule has 0 saturated heterocycles. The summed E-state index contributed by atoms with van der Waals surface area (Å²) in [7, 11) is 0. The van der Waals surface area contributed by atoms with Gasteiger partial charge in [-0.15, -0.1) is 0 Å². The van der Waals surface area contributed by atoms with Crippen LogP contribution in [0.1, 0.15) is 72.4 Å². The van der Waals surface area contributed by atoms with Crippen LogP contribution < -0.4 is 5.32 Å². The van der Waals surface area contributed by atoms with Crippen molar-refractivity contribution < 1.29 is 14.7 Å². The maximum Gasteiger partial charge on any atom is 0.303 e. The first-order chi connectivity index (χ1) is 12.9. The normalized spacial score (nSPS) is 12.0. The average molecular weight is 370 g/mol. The van der Waals surface area contributed by atoms with E-state index in [1.807, 2.05) is 38.1 Å². The van der Waals surface area contributed by atoms with Gasteiger partial charge in [0.05, 0.1) is 11.6 Å². The van der Waals surface area contributed by atoms with Crippen molar-refractivity contribution in [1.82, 2.24) is 9.88 Å². The Morgan fingerprint density at radius 1 is 1.07 bits per heavy atom. The molecule has 1 amide bonds. The number of aliphatic carboxylic acids is 1. The third kappa shape index (κ3) is 5.71. The number of carbonyl (C=O) groups excluding carboxylic acids is 1. The van der Waals surface area contributed by atoms with Crippen molar-refractivity contribution in [3.8, 4) is 0 Å². The molecule has 5 nitrogen and oxygen atoms in total. The number of aryl methyl sites for hydroxylation is 1. The Hall–Kier alpha value is -2.56. The number of aromatic nitrogens is 1. The van der Waals surface area contributed by atoms with Gasteiger partial charge in [-0.05, 0) is 45.2 Å². The van der Waals surface area contributed by atoms with E-state index in [0.29, 0.717) is 13.0 Å². The number of rotatable bonds is 10. The monoisotopic (exact) mass is 370 g/mol. The van der Waals surface area contributed by atoms with Crippen LogP contribution in [0.15, 0.2) is 36.4 Å². The van der Waals surface area contributed by atoms with Gasteiger partial charge in [-0.3, -0.25) is 9.59 Å². The number of amides is 1. The summed E-state index contributed by atoms with van der Waals surface area (Å²) < 4.78 is 2.20. The Bertz CT molecular complexity index is 765. The van der Waals surface area contributed by atoms with Crippen LogP contribution in [-0.2, 0) is 4.79 Å². The number of hydrogen-bond donors (Lipinski definition) is 2. The van der Waals surface area contributed by atoms with Crippen molar-refractivity contribution in [3.63, 3.8) is 0 Å². The molecule has 0 radical (unpaired) electrons. The first-order valence-electron chi connectivity index (χ1n) is 9.65. The Morgan fingerprint density at radius 3 is 2.41 bits per heavy atom. The first kappa shape index (κ1) is 20.7. The number of unbranched alkanes of at least 4 members (excludes halogenated alkanes) is 3. The Morgan fingerprint density at radius 2 is 1.74 bits per heavy atom. The predicted octanol–water partition coefficient (Wildman–Crippen LogP) is 4.48. The van der Waals surface area contributed by atoms with E-state index in [1.165, 1.54) is 5.56 Å². The van der Waals surface area contributed by atoms with Crippen LogP contribution in [0.25, 0.3) is 0 Å². The Kier molecular flexibility index (Phi) is 7.65. The van der Waals surface area contributed by atoms with Crippen molar-refractivity contribution >= 4 is 11.9 Å². The summed E-state index contributed by atoms with van der Waals surface area (Å²) in [5.41, 5.74) is 3.99. The highest BCUT2D eigenvalue weighted by Crippen LogP contribution is 2.25. The highest BCUT2D eigenvalue weighted by Gasteiger charge is 2.19. The van der Waals surface area contributed by atoms with Crippen LogP contribution in [0.2, 0.25) is 0 Å². The van der Waals surface area contributed by atoms with Crippen LogP contribution in [-0.4, -0.2) is 28.1 Å². The fourth-order valence-electron chi connectivity index (χ4n) is 3.54. The van der Waals surface area contributed by atoms with Crippen molar-refractivity contribution in [3.05, 3.63) is 58.9 Å². The second-order valence-corrected chi connectivity index (χ2v) is 7.06. The second-order valence-electron chi connectivity index (χ2n) is 7.06. The first-order valence-corrected chi connectivity index (χ1v) is 9.65. The highest BCUT2D eigenvalue weighted by molar-refractivity contribution is 5.95. The maximum atomic E-state index is 12.6. The molecule has 0 fully saturated rings. The highest BCUT2D eigenvalue weighted by atomic mass is 16.4. The standard InChI is InChI=1S/C22H30N2O3/c1-16-15-20(22(27)23-14-10-5-4-9-13-21(25)26)18(3)24(16)17(2)19-11-7-6-8-12-19/h6-8,11-12,15,17H,4-5,9-10,13-14H2,1-3H3,(H,23,27)(H,25,26). The topological polar surface area (TPSA) is 71.3 Å². The summed E-state index contributed by atoms with van der Waals surface area (Å²) in [6.07, 6.45) is 3.59. The van der Waals surface area contributed by atoms with Crippen LogP contribution in [0.3, 0.4) is 0 Å². The molecule has 0 aliphatic carbocycles. The van der Waals surface area contributed by atoms with Gasteiger partial charge >= 0.3 is 5.97 Å². The predicted molar refractivity (Wildman–Crippen MR) is 107 cm³/mol. The van der Waals surface area contributed by atoms with Crippen molar-refractivity contribution in [2.24, 2.45) is 0 Å². The molecule has 0 aliphatic rings. The van der Waals surface area contributed by atoms with Gasteiger partial charge in [0.15, 0.2) is 0 Å². The summed E-state index contributed by atoms with van der Waals surface area (Å²) in [5, 5.41) is 11.6. The van der Waals surface area contributed by atoms with Crippen LogP contribution in [0.5, 0.6) is 0 Å². The minimum absolute atomic E-state index is 0.0415. The lowest BCUT2D eigenvalue weighted by atomic mass is 10.1. The number of carbonyl (C=O) groups is 2. The van der Waals surface area contributed by atoms with E-state index in [-0.39, 0.29) is 18.4 Å². The quantitative estimate of drug-likeness (QED) is 0.606. The molecule has 2 aromatic rings. The molecular formula is C22H30N2O3. The van der Waals surface area contributed by atoms with Gasteiger partial charge in [0.1, 0.15) is 0 Å². The summed E-state index contributed by atoms with van der Waals surface area (Å²) in [4.78, 5) is 23.0. The second kappa shape index (κ2) is 9.95. The Labute approximate surface area is 161 Å². The largest absolute Gasteiger partial charge is 0.481 e. The SMILES string of the molecule is Cc1cc(C(=O)NCCCCCCC(=O)O)c(C)n1C(C)c1ccccc1. The molecule has 0 saturated carbocycles. The number of hydrogen-bond acceptors (Lipinski definition) is 2. The van der Waals surface area contributed by atoms with Crippen molar-refractivity contribution in [2.75, 3.05) is 6.54 Å². The van der Waals surface area contributed by atoms with Gasteiger partial charge in [-0.1, -0.05) is 43.2 Å². The minimum Gasteiger partial charge on any atom is -0.481 e. The van der Waals surface area contributed by atoms with Gasteiger partial charge in [-0.2, -0.15) is 0 Å². The summed E-state index contributed by atoms with van der Waals surface area (Å²) >= 11 is 0. The molecule has 0 aliphatic heterocycles. The number of nitrogens with zero attached hydrogens (tertiary/aromatic N) is 1. The zero-order valence-electron chi connectivity index (χ0n) is 16.5. The van der Waals surface area contributed by atoms with Crippen molar-refractivity contribution in [2.45, 2.75) is 58.9 Å². The van der Waals surface area contributed by atoms with Gasteiger partial charge < -0.3 is 15.0 Å². The fraction of sp³-hybridized carbons (Fsp3) is 0.455. The van der Waals surface area contributed by atoms with E-state index < -0.39 is 5.97 Å². The molecule has 1 atom stereocenters. The van der Waals surface area contributed by atoms with E-state index in [2.05, 4.69) is 28.9 Å². The molecule has 146 valence electrons. The van der Waals surface area contributed by atoms with E-state index in [1.54, 1.807) is 0 Å². The molecule has 27 heavy (non-hydrogen) atoms. The van der Waals surface area contributed by atoms with Crippen LogP contribution in [0.4, 0.5) is 0 Å². The zero-order chi connectivity index (χ0) is 19.8. The zero-order valence-corrected chi connectivity index (χ0v) is 16.5. The number of carboxylic acids is 1. The minimum atomic E-state index is -0.747. The third-order valence-corrected chi connectivity index (χ3v) is 5.00. The van der Waals surface area contributed by atoms with Crippen molar-refractivity contribution in [1.29, 1.82) is 0 Å². The molecule has 2 rings (SSSR count). The molecule has 1 aromatic carbocycles. The smallest absolute Gasteiger partial charge is 0.303 e. The van der Waals surface area contributed by atoms with Crippen LogP contribution in [0, 0.1) is 13.8 Å². The fourth-order valence-corrected chi connectivity index (χ4v) is 3.54. The lowest BCUT2D eigenvalue weighted by Crippen LogP contribution is -2.25. The number of carboxylic acid groups (broad SMARTS) is 1. The molecular weight excluding hydrogens is 340 g/mol. The lowest BCUT2D eigenvalue weighted by molar-refractivity contribution is -0.137. The van der Waals surface area contributed by atoms with E-state index in [4.69, 9.17) is 5.11 Å². The Balaban J connectivity index is 1.91. The molecule has 2 N–H and O–H groups in total. The molecule has 0 spiro atoms. The third-order valence-electron chi connectivity index (χ3n) is 5.00. The molecule has 1 heterocycles. The molecule has 1 unspecified atom stereocenters. The van der Waals surface area contributed by atoms with Gasteiger partial charge in [-0.25, -0.2) is 0 Å². The maximum absolute atomic E-state index is 12.6. The summed E-state index contributed by atoms with van der Waals surface area (Å²) in [6, 6.07) is 12.4.